The summed E-state index contributed by atoms with van der Waals surface area (Å²) < 4.78 is 14.6. The molecule has 0 aliphatic carbocycles. The summed E-state index contributed by atoms with van der Waals surface area (Å²) in [6.07, 6.45) is 1.59. The number of benzene rings is 2. The molecule has 0 bridgehead atoms. The van der Waals surface area contributed by atoms with Crippen LogP contribution in [0.3, 0.4) is 0 Å². The zero-order valence-electron chi connectivity index (χ0n) is 10.4. The third kappa shape index (κ3) is 2.42. The Bertz CT molecular complexity index is 776. The van der Waals surface area contributed by atoms with Gasteiger partial charge in [-0.15, -0.1) is 0 Å². The van der Waals surface area contributed by atoms with Crippen molar-refractivity contribution in [1.29, 1.82) is 0 Å². The highest BCUT2D eigenvalue weighted by Crippen LogP contribution is 2.24. The van der Waals surface area contributed by atoms with Gasteiger partial charge in [0, 0.05) is 10.0 Å². The van der Waals surface area contributed by atoms with Crippen molar-refractivity contribution in [1.82, 2.24) is 9.97 Å². The molecule has 0 saturated heterocycles. The quantitative estimate of drug-likeness (QED) is 0.780. The van der Waals surface area contributed by atoms with E-state index < -0.39 is 6.04 Å². The second kappa shape index (κ2) is 5.26. The summed E-state index contributed by atoms with van der Waals surface area (Å²) in [5, 5.41) is 0. The van der Waals surface area contributed by atoms with Gasteiger partial charge in [-0.3, -0.25) is 4.98 Å². The Balaban J connectivity index is 2.07. The summed E-state index contributed by atoms with van der Waals surface area (Å²) in [6, 6.07) is 11.5. The molecule has 5 heteroatoms. The molecule has 0 saturated carbocycles. The normalized spacial score (nSPS) is 12.6. The number of nitrogens with zero attached hydrogens (tertiary/aromatic N) is 2. The van der Waals surface area contributed by atoms with E-state index in [-0.39, 0.29) is 5.82 Å². The first-order chi connectivity index (χ1) is 9.65. The standard InChI is InChI=1S/C15H11BrFN3/c16-9-5-6-11(17)10(7-9)15(18)14-8-19-12-3-1-2-4-13(12)20-14/h1-8,15H,18H2. The van der Waals surface area contributed by atoms with Gasteiger partial charge < -0.3 is 5.73 Å². The number of fused-ring (bicyclic) bond motifs is 1. The van der Waals surface area contributed by atoms with E-state index in [1.165, 1.54) is 6.07 Å². The maximum absolute atomic E-state index is 13.9. The van der Waals surface area contributed by atoms with Gasteiger partial charge in [0.1, 0.15) is 5.82 Å². The first kappa shape index (κ1) is 13.1. The molecule has 20 heavy (non-hydrogen) atoms. The molecule has 1 aromatic heterocycles. The lowest BCUT2D eigenvalue weighted by molar-refractivity contribution is 0.596. The van der Waals surface area contributed by atoms with E-state index in [0.29, 0.717) is 11.3 Å². The van der Waals surface area contributed by atoms with Crippen LogP contribution in [0.2, 0.25) is 0 Å². The molecule has 1 atom stereocenters. The van der Waals surface area contributed by atoms with Crippen molar-refractivity contribution in [2.75, 3.05) is 0 Å². The number of hydrogen-bond acceptors (Lipinski definition) is 3. The Morgan fingerprint density at radius 2 is 1.85 bits per heavy atom. The fraction of sp³-hybridized carbons (Fsp3) is 0.0667. The molecule has 3 nitrogen and oxygen atoms in total. The maximum atomic E-state index is 13.9. The molecule has 0 amide bonds. The topological polar surface area (TPSA) is 51.8 Å². The minimum absolute atomic E-state index is 0.351. The summed E-state index contributed by atoms with van der Waals surface area (Å²) in [7, 11) is 0. The lowest BCUT2D eigenvalue weighted by Crippen LogP contribution is -2.15. The van der Waals surface area contributed by atoms with Crippen LogP contribution >= 0.6 is 15.9 Å². The predicted molar refractivity (Wildman–Crippen MR) is 79.7 cm³/mol. The Hall–Kier alpha value is -1.85. The van der Waals surface area contributed by atoms with E-state index in [9.17, 15) is 4.39 Å². The average Bonchev–Trinajstić information content (AvgIpc) is 2.48. The van der Waals surface area contributed by atoms with Gasteiger partial charge in [-0.05, 0) is 30.3 Å². The largest absolute Gasteiger partial charge is 0.319 e. The molecule has 3 aromatic rings. The summed E-state index contributed by atoms with van der Waals surface area (Å²) in [4.78, 5) is 8.76. The number of halogens is 2. The van der Waals surface area contributed by atoms with E-state index in [0.717, 1.165) is 15.5 Å². The van der Waals surface area contributed by atoms with E-state index in [1.807, 2.05) is 24.3 Å². The highest BCUT2D eigenvalue weighted by Gasteiger charge is 2.16. The van der Waals surface area contributed by atoms with Crippen LogP contribution in [-0.4, -0.2) is 9.97 Å². The molecule has 1 unspecified atom stereocenters. The second-order valence-electron chi connectivity index (χ2n) is 4.43. The molecule has 0 spiro atoms. The predicted octanol–water partition coefficient (Wildman–Crippen LogP) is 3.58. The maximum Gasteiger partial charge on any atom is 0.128 e. The van der Waals surface area contributed by atoms with Crippen LogP contribution in [0.4, 0.5) is 4.39 Å². The smallest absolute Gasteiger partial charge is 0.128 e. The van der Waals surface area contributed by atoms with E-state index in [2.05, 4.69) is 25.9 Å². The van der Waals surface area contributed by atoms with Crippen LogP contribution < -0.4 is 5.73 Å². The lowest BCUT2D eigenvalue weighted by Gasteiger charge is -2.13. The molecule has 2 N–H and O–H groups in total. The Morgan fingerprint density at radius 3 is 2.65 bits per heavy atom. The fourth-order valence-corrected chi connectivity index (χ4v) is 2.41. The summed E-state index contributed by atoms with van der Waals surface area (Å²) in [5.41, 5.74) is 8.58. The average molecular weight is 332 g/mol. The number of aromatic nitrogens is 2. The first-order valence-corrected chi connectivity index (χ1v) is 6.86. The molecule has 0 aliphatic rings. The molecule has 0 fully saturated rings. The van der Waals surface area contributed by atoms with Crippen LogP contribution in [0.15, 0.2) is 53.1 Å². The Kier molecular flexibility index (Phi) is 3.46. The van der Waals surface area contributed by atoms with Gasteiger partial charge in [0.25, 0.3) is 0 Å². The van der Waals surface area contributed by atoms with E-state index >= 15 is 0 Å². The van der Waals surface area contributed by atoms with Crippen LogP contribution in [0, 0.1) is 5.82 Å². The second-order valence-corrected chi connectivity index (χ2v) is 5.34. The van der Waals surface area contributed by atoms with Crippen molar-refractivity contribution in [3.05, 3.63) is 70.2 Å². The van der Waals surface area contributed by atoms with Crippen molar-refractivity contribution in [2.24, 2.45) is 5.73 Å². The molecule has 0 aliphatic heterocycles. The molecule has 1 heterocycles. The summed E-state index contributed by atoms with van der Waals surface area (Å²) >= 11 is 3.32. The Labute approximate surface area is 123 Å². The van der Waals surface area contributed by atoms with Gasteiger partial charge in [0.05, 0.1) is 29.0 Å². The molecule has 0 radical (unpaired) electrons. The van der Waals surface area contributed by atoms with Gasteiger partial charge in [-0.2, -0.15) is 0 Å². The van der Waals surface area contributed by atoms with Gasteiger partial charge in [-0.25, -0.2) is 9.37 Å². The minimum Gasteiger partial charge on any atom is -0.319 e. The van der Waals surface area contributed by atoms with Gasteiger partial charge >= 0.3 is 0 Å². The monoisotopic (exact) mass is 331 g/mol. The van der Waals surface area contributed by atoms with Crippen LogP contribution in [0.5, 0.6) is 0 Å². The van der Waals surface area contributed by atoms with Crippen LogP contribution in [0.1, 0.15) is 17.3 Å². The summed E-state index contributed by atoms with van der Waals surface area (Å²) in [6.45, 7) is 0. The molecule has 100 valence electrons. The van der Waals surface area contributed by atoms with Crippen molar-refractivity contribution >= 4 is 27.0 Å². The third-order valence-electron chi connectivity index (χ3n) is 3.08. The van der Waals surface area contributed by atoms with Gasteiger partial charge in [0.2, 0.25) is 0 Å². The van der Waals surface area contributed by atoms with Crippen molar-refractivity contribution in [2.45, 2.75) is 6.04 Å². The first-order valence-electron chi connectivity index (χ1n) is 6.07. The third-order valence-corrected chi connectivity index (χ3v) is 3.57. The number of hydrogen-bond donors (Lipinski definition) is 1. The molecular formula is C15H11BrFN3. The van der Waals surface area contributed by atoms with Gasteiger partial charge in [0.15, 0.2) is 0 Å². The van der Waals surface area contributed by atoms with Crippen molar-refractivity contribution < 1.29 is 4.39 Å². The highest BCUT2D eigenvalue weighted by atomic mass is 79.9. The molecule has 3 rings (SSSR count). The van der Waals surface area contributed by atoms with Crippen LogP contribution in [-0.2, 0) is 0 Å². The number of para-hydroxylation sites is 2. The fourth-order valence-electron chi connectivity index (χ4n) is 2.03. The van der Waals surface area contributed by atoms with Crippen molar-refractivity contribution in [3.8, 4) is 0 Å². The molecule has 2 aromatic carbocycles. The summed E-state index contributed by atoms with van der Waals surface area (Å²) in [5.74, 6) is -0.351. The minimum atomic E-state index is -0.649. The zero-order valence-corrected chi connectivity index (χ0v) is 12.0. The van der Waals surface area contributed by atoms with Gasteiger partial charge in [-0.1, -0.05) is 28.1 Å². The SMILES string of the molecule is NC(c1cnc2ccccc2n1)c1cc(Br)ccc1F. The lowest BCUT2D eigenvalue weighted by atomic mass is 10.0. The number of nitrogens with two attached hydrogens (primary N) is 1. The molecular weight excluding hydrogens is 321 g/mol. The zero-order chi connectivity index (χ0) is 14.1. The van der Waals surface area contributed by atoms with Crippen LogP contribution in [0.25, 0.3) is 11.0 Å². The highest BCUT2D eigenvalue weighted by molar-refractivity contribution is 9.10. The number of rotatable bonds is 2. The Morgan fingerprint density at radius 1 is 1.10 bits per heavy atom. The van der Waals surface area contributed by atoms with E-state index in [1.54, 1.807) is 18.3 Å². The van der Waals surface area contributed by atoms with E-state index in [4.69, 9.17) is 5.73 Å². The van der Waals surface area contributed by atoms with Crippen molar-refractivity contribution in [3.63, 3.8) is 0 Å².